The van der Waals surface area contributed by atoms with Gasteiger partial charge in [-0.1, -0.05) is 0 Å². The molecule has 20 heavy (non-hydrogen) atoms. The minimum absolute atomic E-state index is 0.120. The van der Waals surface area contributed by atoms with Crippen molar-refractivity contribution in [1.29, 1.82) is 0 Å². The maximum atomic E-state index is 11.6. The molecule has 0 aliphatic carbocycles. The quantitative estimate of drug-likeness (QED) is 0.517. The molecule has 1 amide bonds. The highest BCUT2D eigenvalue weighted by Crippen LogP contribution is 2.27. The van der Waals surface area contributed by atoms with Gasteiger partial charge in [0.1, 0.15) is 6.04 Å². The molecular formula is C13H26N2O4S. The summed E-state index contributed by atoms with van der Waals surface area (Å²) in [5.41, 5.74) is 5.58. The molecule has 7 heteroatoms. The molecule has 6 nitrogen and oxygen atoms in total. The Labute approximate surface area is 124 Å². The van der Waals surface area contributed by atoms with E-state index in [-0.39, 0.29) is 17.8 Å². The first-order valence-electron chi connectivity index (χ1n) is 6.67. The van der Waals surface area contributed by atoms with Gasteiger partial charge in [0, 0.05) is 17.9 Å². The minimum Gasteiger partial charge on any atom is -0.480 e. The molecule has 0 aliphatic heterocycles. The molecule has 0 unspecified atom stereocenters. The van der Waals surface area contributed by atoms with Gasteiger partial charge in [-0.3, -0.25) is 9.59 Å². The Morgan fingerprint density at radius 2 is 2.00 bits per heavy atom. The lowest BCUT2D eigenvalue weighted by molar-refractivity contribution is -0.139. The molecule has 0 saturated carbocycles. The zero-order valence-corrected chi connectivity index (χ0v) is 13.5. The number of carbonyl (C=O) groups is 2. The van der Waals surface area contributed by atoms with Gasteiger partial charge in [-0.25, -0.2) is 0 Å². The minimum atomic E-state index is -1.06. The van der Waals surface area contributed by atoms with Crippen LogP contribution < -0.4 is 11.1 Å². The van der Waals surface area contributed by atoms with Gasteiger partial charge in [-0.15, -0.1) is 11.8 Å². The van der Waals surface area contributed by atoms with E-state index in [1.54, 1.807) is 13.8 Å². The number of hydrogen-bond donors (Lipinski definition) is 3. The number of thioether (sulfide) groups is 1. The molecular weight excluding hydrogens is 280 g/mol. The van der Waals surface area contributed by atoms with E-state index in [0.717, 1.165) is 6.42 Å². The Morgan fingerprint density at radius 1 is 1.40 bits per heavy atom. The Kier molecular flexibility index (Phi) is 8.84. The average molecular weight is 306 g/mol. The van der Waals surface area contributed by atoms with E-state index in [9.17, 15) is 9.59 Å². The van der Waals surface area contributed by atoms with Gasteiger partial charge in [0.2, 0.25) is 5.91 Å². The highest BCUT2D eigenvalue weighted by molar-refractivity contribution is 8.01. The Hall–Kier alpha value is -0.790. The van der Waals surface area contributed by atoms with Crippen LogP contribution in [0, 0.1) is 0 Å². The van der Waals surface area contributed by atoms with Crippen molar-refractivity contribution < 1.29 is 19.4 Å². The second kappa shape index (κ2) is 9.20. The summed E-state index contributed by atoms with van der Waals surface area (Å²) >= 11 is 1.24. The summed E-state index contributed by atoms with van der Waals surface area (Å²) in [6, 6.07) is -1.00. The fraction of sp³-hybridized carbons (Fsp3) is 0.846. The lowest BCUT2D eigenvalue weighted by Crippen LogP contribution is -2.47. The number of carboxylic acids is 1. The van der Waals surface area contributed by atoms with E-state index in [1.165, 1.54) is 11.8 Å². The first kappa shape index (κ1) is 19.2. The van der Waals surface area contributed by atoms with Crippen molar-refractivity contribution >= 4 is 23.6 Å². The number of nitrogens with two attached hydrogens (primary N) is 1. The smallest absolute Gasteiger partial charge is 0.321 e. The summed E-state index contributed by atoms with van der Waals surface area (Å²) in [7, 11) is 0. The van der Waals surface area contributed by atoms with Crippen molar-refractivity contribution in [2.24, 2.45) is 5.73 Å². The van der Waals surface area contributed by atoms with Gasteiger partial charge in [-0.05, 0) is 34.1 Å². The number of hydrogen-bond acceptors (Lipinski definition) is 5. The third-order valence-corrected chi connectivity index (χ3v) is 4.09. The summed E-state index contributed by atoms with van der Waals surface area (Å²) in [5.74, 6) is -0.988. The van der Waals surface area contributed by atoms with Crippen LogP contribution >= 0.6 is 11.8 Å². The third-order valence-electron chi connectivity index (χ3n) is 2.68. The van der Waals surface area contributed by atoms with Gasteiger partial charge in [-0.2, -0.15) is 0 Å². The highest BCUT2D eigenvalue weighted by atomic mass is 32.2. The summed E-state index contributed by atoms with van der Waals surface area (Å²) in [6.45, 7) is 8.53. The van der Waals surface area contributed by atoms with Crippen molar-refractivity contribution in [3.05, 3.63) is 0 Å². The highest BCUT2D eigenvalue weighted by Gasteiger charge is 2.32. The van der Waals surface area contributed by atoms with Crippen LogP contribution in [0.5, 0.6) is 0 Å². The molecule has 0 saturated heterocycles. The molecule has 0 rings (SSSR count). The zero-order valence-electron chi connectivity index (χ0n) is 12.6. The number of carbonyl (C=O) groups excluding carboxylic acids is 1. The van der Waals surface area contributed by atoms with Crippen LogP contribution in [-0.2, 0) is 14.3 Å². The number of carboxylic acid groups (broad SMARTS) is 1. The summed E-state index contributed by atoms with van der Waals surface area (Å²) in [5, 5.41) is 11.6. The monoisotopic (exact) mass is 306 g/mol. The van der Waals surface area contributed by atoms with Crippen molar-refractivity contribution in [2.75, 3.05) is 18.9 Å². The van der Waals surface area contributed by atoms with Crippen LogP contribution in [0.15, 0.2) is 0 Å². The molecule has 0 aromatic carbocycles. The maximum Gasteiger partial charge on any atom is 0.321 e. The molecule has 0 bridgehead atoms. The fourth-order valence-corrected chi connectivity index (χ4v) is 2.19. The normalized spacial score (nSPS) is 13.3. The van der Waals surface area contributed by atoms with E-state index in [0.29, 0.717) is 13.2 Å². The summed E-state index contributed by atoms with van der Waals surface area (Å²) in [6.07, 6.45) is 0.951. The summed E-state index contributed by atoms with van der Waals surface area (Å²) < 4.78 is 4.67. The Balaban J connectivity index is 3.85. The van der Waals surface area contributed by atoms with Gasteiger partial charge >= 0.3 is 5.97 Å². The average Bonchev–Trinajstić information content (AvgIpc) is 2.34. The van der Waals surface area contributed by atoms with Crippen LogP contribution in [-0.4, -0.2) is 52.8 Å². The number of aliphatic carboxylic acids is 1. The third kappa shape index (κ3) is 8.39. The second-order valence-electron chi connectivity index (χ2n) is 5.33. The molecule has 0 fully saturated rings. The van der Waals surface area contributed by atoms with E-state index < -0.39 is 16.8 Å². The lowest BCUT2D eigenvalue weighted by Gasteiger charge is -2.27. The van der Waals surface area contributed by atoms with Crippen molar-refractivity contribution in [2.45, 2.75) is 51.0 Å². The number of nitrogens with one attached hydrogen (secondary N) is 1. The van der Waals surface area contributed by atoms with Gasteiger partial charge in [0.05, 0.1) is 11.9 Å². The molecule has 0 aromatic rings. The van der Waals surface area contributed by atoms with Crippen LogP contribution in [0.25, 0.3) is 0 Å². The van der Waals surface area contributed by atoms with Crippen LogP contribution in [0.3, 0.4) is 0 Å². The predicted molar refractivity (Wildman–Crippen MR) is 80.9 cm³/mol. The van der Waals surface area contributed by atoms with Crippen molar-refractivity contribution in [3.8, 4) is 0 Å². The molecule has 0 aromatic heterocycles. The van der Waals surface area contributed by atoms with Crippen molar-refractivity contribution in [1.82, 2.24) is 5.32 Å². The first-order valence-corrected chi connectivity index (χ1v) is 7.66. The Bertz CT molecular complexity index is 321. The van der Waals surface area contributed by atoms with Gasteiger partial charge in [0.15, 0.2) is 0 Å². The number of amides is 1. The van der Waals surface area contributed by atoms with Crippen LogP contribution in [0.2, 0.25) is 0 Å². The molecule has 0 spiro atoms. The van der Waals surface area contributed by atoms with E-state index in [2.05, 4.69) is 5.32 Å². The first-order chi connectivity index (χ1) is 9.16. The number of ether oxygens (including phenoxy) is 1. The number of rotatable bonds is 10. The molecule has 1 atom stereocenters. The second-order valence-corrected chi connectivity index (χ2v) is 6.96. The summed E-state index contributed by atoms with van der Waals surface area (Å²) in [4.78, 5) is 22.5. The topological polar surface area (TPSA) is 102 Å². The van der Waals surface area contributed by atoms with Crippen LogP contribution in [0.4, 0.5) is 0 Å². The molecule has 0 heterocycles. The van der Waals surface area contributed by atoms with E-state index in [4.69, 9.17) is 15.6 Å². The van der Waals surface area contributed by atoms with Gasteiger partial charge in [0.25, 0.3) is 0 Å². The van der Waals surface area contributed by atoms with Gasteiger partial charge < -0.3 is 20.9 Å². The lowest BCUT2D eigenvalue weighted by atomic mass is 10.1. The molecule has 4 N–H and O–H groups in total. The SMILES string of the molecule is CC(C)OCCCNC(=O)CSC(C)(C)[C@H](N)C(=O)O. The zero-order chi connectivity index (χ0) is 15.8. The van der Waals surface area contributed by atoms with Crippen LogP contribution in [0.1, 0.15) is 34.1 Å². The standard InChI is InChI=1S/C13H26N2O4S/c1-9(2)19-7-5-6-15-10(16)8-20-13(3,4)11(14)12(17)18/h9,11H,5-8,14H2,1-4H3,(H,15,16)(H,17,18)/t11-/m1/s1. The predicted octanol–water partition coefficient (Wildman–Crippen LogP) is 0.841. The van der Waals surface area contributed by atoms with Crippen molar-refractivity contribution in [3.63, 3.8) is 0 Å². The molecule has 0 radical (unpaired) electrons. The largest absolute Gasteiger partial charge is 0.480 e. The van der Waals surface area contributed by atoms with E-state index >= 15 is 0 Å². The molecule has 0 aliphatic rings. The molecule has 118 valence electrons. The maximum absolute atomic E-state index is 11.6. The fourth-order valence-electron chi connectivity index (χ4n) is 1.31. The van der Waals surface area contributed by atoms with E-state index in [1.807, 2.05) is 13.8 Å². The Morgan fingerprint density at radius 3 is 2.50 bits per heavy atom.